The Morgan fingerprint density at radius 1 is 0.761 bits per heavy atom. The minimum absolute atomic E-state index is 0.119. The highest BCUT2D eigenvalue weighted by Gasteiger charge is 2.40. The first-order valence-corrected chi connectivity index (χ1v) is 15.3. The molecule has 5 aromatic carbocycles. The van der Waals surface area contributed by atoms with Gasteiger partial charge in [0.15, 0.2) is 0 Å². The standard InChI is InChI=1S/C39H38N4O3/c1-41(2)33-24-25-35-36(27-33)42(3)38(45)43(35)32-22-20-28(21-23-32)26-34(37(44)46-4)40-39(29-14-8-5-9-15-29,30-16-10-6-11-17-30)31-18-12-7-13-19-31/h5-25,27,34,40H,26H2,1-4H3. The number of ether oxygens (including phenoxy) is 1. The second-order valence-electron chi connectivity index (χ2n) is 11.7. The molecule has 7 heteroatoms. The number of rotatable bonds is 10. The summed E-state index contributed by atoms with van der Waals surface area (Å²) >= 11 is 0. The predicted octanol–water partition coefficient (Wildman–Crippen LogP) is 6.06. The summed E-state index contributed by atoms with van der Waals surface area (Å²) in [7, 11) is 7.17. The fraction of sp³-hybridized carbons (Fsp3) is 0.179. The molecule has 0 aliphatic heterocycles. The predicted molar refractivity (Wildman–Crippen MR) is 185 cm³/mol. The molecule has 0 saturated heterocycles. The number of carbonyl (C=O) groups is 1. The van der Waals surface area contributed by atoms with E-state index in [4.69, 9.17) is 4.74 Å². The highest BCUT2D eigenvalue weighted by Crippen LogP contribution is 2.37. The molecule has 46 heavy (non-hydrogen) atoms. The number of nitrogens with one attached hydrogen (secondary N) is 1. The van der Waals surface area contributed by atoms with Gasteiger partial charge in [-0.3, -0.25) is 19.2 Å². The molecule has 232 valence electrons. The van der Waals surface area contributed by atoms with E-state index in [-0.39, 0.29) is 11.7 Å². The molecule has 1 unspecified atom stereocenters. The van der Waals surface area contributed by atoms with Crippen molar-refractivity contribution in [1.29, 1.82) is 0 Å². The molecular formula is C39H38N4O3. The third-order valence-corrected chi connectivity index (χ3v) is 8.69. The number of anilines is 1. The van der Waals surface area contributed by atoms with Crippen molar-refractivity contribution in [2.75, 3.05) is 26.1 Å². The Hall–Kier alpha value is -5.40. The van der Waals surface area contributed by atoms with Gasteiger partial charge in [0, 0.05) is 26.8 Å². The van der Waals surface area contributed by atoms with Crippen molar-refractivity contribution < 1.29 is 9.53 Å². The van der Waals surface area contributed by atoms with Crippen molar-refractivity contribution in [3.8, 4) is 5.69 Å². The molecule has 0 saturated carbocycles. The average Bonchev–Trinajstić information content (AvgIpc) is 3.36. The molecular weight excluding hydrogens is 572 g/mol. The Bertz CT molecular complexity index is 1900. The van der Waals surface area contributed by atoms with E-state index in [0.717, 1.165) is 44.7 Å². The summed E-state index contributed by atoms with van der Waals surface area (Å²) in [6.45, 7) is 0. The maximum atomic E-state index is 13.5. The van der Waals surface area contributed by atoms with E-state index in [9.17, 15) is 9.59 Å². The van der Waals surface area contributed by atoms with Crippen molar-refractivity contribution in [3.05, 3.63) is 166 Å². The Morgan fingerprint density at radius 3 is 1.76 bits per heavy atom. The number of fused-ring (bicyclic) bond motifs is 1. The van der Waals surface area contributed by atoms with E-state index in [1.165, 1.54) is 7.11 Å². The molecule has 0 bridgehead atoms. The number of esters is 1. The number of imidazole rings is 1. The Labute approximate surface area is 269 Å². The van der Waals surface area contributed by atoms with Gasteiger partial charge >= 0.3 is 11.7 Å². The lowest BCUT2D eigenvalue weighted by Gasteiger charge is -2.39. The van der Waals surface area contributed by atoms with Crippen LogP contribution in [0, 0.1) is 0 Å². The zero-order valence-corrected chi connectivity index (χ0v) is 26.6. The number of methoxy groups -OCH3 is 1. The number of hydrogen-bond donors (Lipinski definition) is 1. The van der Waals surface area contributed by atoms with Crippen LogP contribution in [0.5, 0.6) is 0 Å². The van der Waals surface area contributed by atoms with E-state index in [1.54, 1.807) is 16.2 Å². The van der Waals surface area contributed by atoms with Crippen LogP contribution in [0.2, 0.25) is 0 Å². The van der Waals surface area contributed by atoms with Gasteiger partial charge < -0.3 is 9.64 Å². The normalized spacial score (nSPS) is 12.2. The number of aryl methyl sites for hydroxylation is 1. The summed E-state index contributed by atoms with van der Waals surface area (Å²) in [5.41, 5.74) is 6.45. The van der Waals surface area contributed by atoms with Gasteiger partial charge in [-0.15, -0.1) is 0 Å². The molecule has 6 rings (SSSR count). The summed E-state index contributed by atoms with van der Waals surface area (Å²) < 4.78 is 8.76. The monoisotopic (exact) mass is 610 g/mol. The molecule has 1 N–H and O–H groups in total. The highest BCUT2D eigenvalue weighted by atomic mass is 16.5. The van der Waals surface area contributed by atoms with Crippen LogP contribution in [0.1, 0.15) is 22.3 Å². The molecule has 1 heterocycles. The van der Waals surface area contributed by atoms with Crippen molar-refractivity contribution >= 4 is 22.7 Å². The average molecular weight is 611 g/mol. The van der Waals surface area contributed by atoms with Gasteiger partial charge in [-0.2, -0.15) is 0 Å². The third kappa shape index (κ3) is 5.61. The molecule has 1 atom stereocenters. The smallest absolute Gasteiger partial charge is 0.333 e. The highest BCUT2D eigenvalue weighted by molar-refractivity contribution is 5.82. The lowest BCUT2D eigenvalue weighted by molar-refractivity contribution is -0.143. The second-order valence-corrected chi connectivity index (χ2v) is 11.7. The fourth-order valence-corrected chi connectivity index (χ4v) is 6.28. The summed E-state index contributed by atoms with van der Waals surface area (Å²) in [5.74, 6) is -0.363. The number of benzene rings is 5. The topological polar surface area (TPSA) is 68.5 Å². The molecule has 0 spiro atoms. The van der Waals surface area contributed by atoms with Gasteiger partial charge in [0.1, 0.15) is 6.04 Å². The fourth-order valence-electron chi connectivity index (χ4n) is 6.28. The summed E-state index contributed by atoms with van der Waals surface area (Å²) in [6.07, 6.45) is 0.373. The lowest BCUT2D eigenvalue weighted by atomic mass is 9.76. The van der Waals surface area contributed by atoms with Gasteiger partial charge in [0.05, 0.1) is 29.4 Å². The minimum Gasteiger partial charge on any atom is -0.468 e. The summed E-state index contributed by atoms with van der Waals surface area (Å²) in [4.78, 5) is 28.9. The van der Waals surface area contributed by atoms with E-state index >= 15 is 0 Å². The molecule has 0 radical (unpaired) electrons. The number of nitrogens with zero attached hydrogens (tertiary/aromatic N) is 3. The quantitative estimate of drug-likeness (QED) is 0.151. The van der Waals surface area contributed by atoms with Crippen LogP contribution in [0.4, 0.5) is 5.69 Å². The molecule has 1 aromatic heterocycles. The number of carbonyl (C=O) groups excluding carboxylic acids is 1. The first kappa shape index (κ1) is 30.6. The van der Waals surface area contributed by atoms with Gasteiger partial charge in [-0.1, -0.05) is 103 Å². The van der Waals surface area contributed by atoms with Gasteiger partial charge in [-0.25, -0.2) is 4.79 Å². The molecule has 0 amide bonds. The maximum absolute atomic E-state index is 13.5. The van der Waals surface area contributed by atoms with Crippen molar-refractivity contribution in [2.45, 2.75) is 18.0 Å². The molecule has 6 aromatic rings. The van der Waals surface area contributed by atoms with E-state index in [1.807, 2.05) is 116 Å². The SMILES string of the molecule is COC(=O)C(Cc1ccc(-n2c(=O)n(C)c3cc(N(C)C)ccc32)cc1)NC(c1ccccc1)(c1ccccc1)c1ccccc1. The van der Waals surface area contributed by atoms with Gasteiger partial charge in [-0.05, 0) is 59.0 Å². The van der Waals surface area contributed by atoms with E-state index in [0.29, 0.717) is 6.42 Å². The van der Waals surface area contributed by atoms with E-state index < -0.39 is 11.6 Å². The number of hydrogen-bond acceptors (Lipinski definition) is 5. The Kier molecular flexibility index (Phi) is 8.59. The number of aromatic nitrogens is 2. The van der Waals surface area contributed by atoms with Crippen molar-refractivity contribution in [1.82, 2.24) is 14.5 Å². The first-order chi connectivity index (χ1) is 22.3. The molecule has 7 nitrogen and oxygen atoms in total. The van der Waals surface area contributed by atoms with Crippen LogP contribution in [0.15, 0.2) is 138 Å². The van der Waals surface area contributed by atoms with Crippen LogP contribution in [-0.2, 0) is 28.5 Å². The lowest BCUT2D eigenvalue weighted by Crippen LogP contribution is -2.53. The van der Waals surface area contributed by atoms with Crippen LogP contribution in [0.3, 0.4) is 0 Å². The van der Waals surface area contributed by atoms with Gasteiger partial charge in [0.2, 0.25) is 0 Å². The third-order valence-electron chi connectivity index (χ3n) is 8.69. The van der Waals surface area contributed by atoms with Crippen LogP contribution < -0.4 is 15.9 Å². The second kappa shape index (κ2) is 12.9. The van der Waals surface area contributed by atoms with Crippen LogP contribution in [-0.4, -0.2) is 42.4 Å². The maximum Gasteiger partial charge on any atom is 0.333 e. The zero-order valence-electron chi connectivity index (χ0n) is 26.6. The minimum atomic E-state index is -0.843. The molecule has 0 aliphatic rings. The molecule has 0 aliphatic carbocycles. The van der Waals surface area contributed by atoms with E-state index in [2.05, 4.69) is 41.7 Å². The Morgan fingerprint density at radius 2 is 1.28 bits per heavy atom. The zero-order chi connectivity index (χ0) is 32.3. The largest absolute Gasteiger partial charge is 0.468 e. The first-order valence-electron chi connectivity index (χ1n) is 15.3. The van der Waals surface area contributed by atoms with Gasteiger partial charge in [0.25, 0.3) is 0 Å². The molecule has 0 fully saturated rings. The summed E-state index contributed by atoms with van der Waals surface area (Å²) in [5, 5.41) is 3.78. The summed E-state index contributed by atoms with van der Waals surface area (Å²) in [6, 6.07) is 43.7. The van der Waals surface area contributed by atoms with Crippen molar-refractivity contribution in [2.24, 2.45) is 7.05 Å². The van der Waals surface area contributed by atoms with Crippen LogP contribution in [0.25, 0.3) is 16.7 Å². The van der Waals surface area contributed by atoms with Crippen LogP contribution >= 0.6 is 0 Å². The Balaban J connectivity index is 1.40. The van der Waals surface area contributed by atoms with Crippen molar-refractivity contribution in [3.63, 3.8) is 0 Å².